The second kappa shape index (κ2) is 9.65. The normalized spacial score (nSPS) is 16.6. The average Bonchev–Trinajstić information content (AvgIpc) is 3.35. The molecule has 0 radical (unpaired) electrons. The molecule has 0 bridgehead atoms. The number of piperazine rings is 1. The summed E-state index contributed by atoms with van der Waals surface area (Å²) in [6, 6.07) is 11.6. The number of morpholine rings is 1. The third-order valence-electron chi connectivity index (χ3n) is 6.38. The van der Waals surface area contributed by atoms with Crippen molar-refractivity contribution in [1.29, 1.82) is 0 Å². The number of hydrogen-bond donors (Lipinski definition) is 2. The van der Waals surface area contributed by atoms with Gasteiger partial charge in [0.15, 0.2) is 11.5 Å². The van der Waals surface area contributed by atoms with Crippen LogP contribution in [-0.2, 0) is 4.74 Å². The summed E-state index contributed by atoms with van der Waals surface area (Å²) in [6.07, 6.45) is 1.79. The molecule has 0 saturated carbocycles. The first-order chi connectivity index (χ1) is 17.2. The number of nitrogens with zero attached hydrogens (tertiary/aromatic N) is 4. The van der Waals surface area contributed by atoms with E-state index in [1.54, 1.807) is 12.3 Å². The summed E-state index contributed by atoms with van der Waals surface area (Å²) < 4.78 is 12.3. The maximum absolute atomic E-state index is 12.7. The van der Waals surface area contributed by atoms with Crippen molar-refractivity contribution in [2.75, 3.05) is 67.6 Å². The number of aromatic nitrogens is 2. The molecule has 0 spiro atoms. The quantitative estimate of drug-likeness (QED) is 0.439. The van der Waals surface area contributed by atoms with Crippen LogP contribution in [0.5, 0.6) is 0 Å². The van der Waals surface area contributed by atoms with Crippen LogP contribution in [0.1, 0.15) is 0 Å². The molecule has 3 aromatic heterocycles. The van der Waals surface area contributed by atoms with Crippen LogP contribution in [0.2, 0.25) is 0 Å². The summed E-state index contributed by atoms with van der Waals surface area (Å²) >= 11 is 1.42. The summed E-state index contributed by atoms with van der Waals surface area (Å²) in [5.41, 5.74) is 3.44. The summed E-state index contributed by atoms with van der Waals surface area (Å²) in [7, 11) is 0. The van der Waals surface area contributed by atoms with Crippen LogP contribution in [0.4, 0.5) is 23.3 Å². The standard InChI is InChI=1S/C25H26N6O3S/c32-20-15-22(31-11-13-33-14-12-31)34-23-19(16-35-24(20)23)17-1-3-18(4-2-17)28-25-27-6-5-21(29-25)30-9-7-26-8-10-30/h1-6,15-16,26H,7-14H2,(H,27,28,29)/p+1. The van der Waals surface area contributed by atoms with E-state index in [0.717, 1.165) is 48.8 Å². The highest BCUT2D eigenvalue weighted by atomic mass is 32.1. The fraction of sp³-hybridized carbons (Fsp3) is 0.320. The number of benzene rings is 1. The topological polar surface area (TPSA) is 100 Å². The van der Waals surface area contributed by atoms with Gasteiger partial charge >= 0.3 is 0 Å². The number of quaternary nitrogens is 1. The minimum absolute atomic E-state index is 0.00842. The van der Waals surface area contributed by atoms with Crippen LogP contribution in [0.3, 0.4) is 0 Å². The highest BCUT2D eigenvalue weighted by Gasteiger charge is 2.19. The molecule has 1 aromatic carbocycles. The number of ether oxygens (including phenoxy) is 1. The van der Waals surface area contributed by atoms with Gasteiger partial charge in [0.2, 0.25) is 11.4 Å². The summed E-state index contributed by atoms with van der Waals surface area (Å²) in [6.45, 7) is 6.85. The molecule has 6 rings (SSSR count). The molecule has 9 nitrogen and oxygen atoms in total. The molecule has 0 unspecified atom stereocenters. The molecule has 2 saturated heterocycles. The van der Waals surface area contributed by atoms with Crippen LogP contribution in [0.25, 0.3) is 21.4 Å². The molecule has 4 aromatic rings. The first-order valence-electron chi connectivity index (χ1n) is 11.9. The number of nitrogens with two attached hydrogens (primary N) is 1. The Morgan fingerprint density at radius 2 is 1.80 bits per heavy atom. The Morgan fingerprint density at radius 3 is 2.60 bits per heavy atom. The predicted molar refractivity (Wildman–Crippen MR) is 138 cm³/mol. The van der Waals surface area contributed by atoms with Crippen LogP contribution >= 0.6 is 11.3 Å². The van der Waals surface area contributed by atoms with Gasteiger partial charge in [-0.3, -0.25) is 4.79 Å². The molecule has 0 atom stereocenters. The largest absolute Gasteiger partial charge is 0.439 e. The summed E-state index contributed by atoms with van der Waals surface area (Å²) in [4.78, 5) is 26.2. The van der Waals surface area contributed by atoms with E-state index >= 15 is 0 Å². The fourth-order valence-electron chi connectivity index (χ4n) is 4.50. The molecular formula is C25H27N6O3S+. The van der Waals surface area contributed by atoms with Crippen LogP contribution in [0.15, 0.2) is 57.2 Å². The number of anilines is 4. The van der Waals surface area contributed by atoms with Crippen LogP contribution in [-0.4, -0.2) is 62.5 Å². The SMILES string of the molecule is O=c1cc(N2CCOCC2)oc2c(-c3ccc(Nc4nccc(N5CC[NH2+]CC5)n4)cc3)csc12. The molecule has 180 valence electrons. The van der Waals surface area contributed by atoms with Crippen molar-refractivity contribution in [3.63, 3.8) is 0 Å². The van der Waals surface area contributed by atoms with E-state index in [0.29, 0.717) is 48.4 Å². The molecule has 3 N–H and O–H groups in total. The van der Waals surface area contributed by atoms with Crippen molar-refractivity contribution >= 4 is 45.0 Å². The number of nitrogens with one attached hydrogen (secondary N) is 1. The highest BCUT2D eigenvalue weighted by molar-refractivity contribution is 7.17. The second-order valence-electron chi connectivity index (χ2n) is 8.65. The van der Waals surface area contributed by atoms with E-state index in [2.05, 4.69) is 25.4 Å². The zero-order valence-electron chi connectivity index (χ0n) is 19.3. The minimum Gasteiger partial charge on any atom is -0.439 e. The number of hydrogen-bond acceptors (Lipinski definition) is 9. The highest BCUT2D eigenvalue weighted by Crippen LogP contribution is 2.35. The smallest absolute Gasteiger partial charge is 0.229 e. The van der Waals surface area contributed by atoms with E-state index in [1.165, 1.54) is 11.3 Å². The Morgan fingerprint density at radius 1 is 1.00 bits per heavy atom. The lowest BCUT2D eigenvalue weighted by Gasteiger charge is -2.27. The fourth-order valence-corrected chi connectivity index (χ4v) is 5.41. The third kappa shape index (κ3) is 4.60. The molecule has 2 fully saturated rings. The van der Waals surface area contributed by atoms with E-state index in [1.807, 2.05) is 35.7 Å². The molecule has 2 aliphatic rings. The molecule has 10 heteroatoms. The minimum atomic E-state index is -0.00842. The molecule has 0 aliphatic carbocycles. The van der Waals surface area contributed by atoms with Gasteiger partial charge in [-0.05, 0) is 23.8 Å². The van der Waals surface area contributed by atoms with Gasteiger partial charge in [0.25, 0.3) is 0 Å². The maximum Gasteiger partial charge on any atom is 0.229 e. The van der Waals surface area contributed by atoms with Crippen molar-refractivity contribution in [2.45, 2.75) is 0 Å². The Labute approximate surface area is 206 Å². The predicted octanol–water partition coefficient (Wildman–Crippen LogP) is 2.28. The van der Waals surface area contributed by atoms with Gasteiger partial charge in [-0.1, -0.05) is 12.1 Å². The molecule has 2 aliphatic heterocycles. The monoisotopic (exact) mass is 491 g/mol. The van der Waals surface area contributed by atoms with Crippen molar-refractivity contribution in [1.82, 2.24) is 9.97 Å². The van der Waals surface area contributed by atoms with Gasteiger partial charge in [-0.15, -0.1) is 11.3 Å². The average molecular weight is 492 g/mol. The molecule has 0 amide bonds. The first-order valence-corrected chi connectivity index (χ1v) is 12.8. The third-order valence-corrected chi connectivity index (χ3v) is 7.35. The maximum atomic E-state index is 12.7. The van der Waals surface area contributed by atoms with Gasteiger partial charge in [-0.25, -0.2) is 4.98 Å². The van der Waals surface area contributed by atoms with Gasteiger partial charge in [0, 0.05) is 42.0 Å². The van der Waals surface area contributed by atoms with Gasteiger partial charge < -0.3 is 29.6 Å². The lowest BCUT2D eigenvalue weighted by atomic mass is 10.1. The Bertz CT molecular complexity index is 1370. The molecule has 5 heterocycles. The van der Waals surface area contributed by atoms with Crippen LogP contribution < -0.4 is 25.9 Å². The second-order valence-corrected chi connectivity index (χ2v) is 9.53. The lowest BCUT2D eigenvalue weighted by molar-refractivity contribution is -0.655. The Kier molecular flexibility index (Phi) is 6.07. The van der Waals surface area contributed by atoms with Crippen molar-refractivity contribution in [2.24, 2.45) is 0 Å². The van der Waals surface area contributed by atoms with Crippen molar-refractivity contribution < 1.29 is 14.5 Å². The van der Waals surface area contributed by atoms with Gasteiger partial charge in [-0.2, -0.15) is 4.98 Å². The number of thiophene rings is 1. The van der Waals surface area contributed by atoms with E-state index in [-0.39, 0.29) is 5.43 Å². The van der Waals surface area contributed by atoms with E-state index in [4.69, 9.17) is 14.1 Å². The summed E-state index contributed by atoms with van der Waals surface area (Å²) in [5.74, 6) is 2.13. The van der Waals surface area contributed by atoms with Gasteiger partial charge in [0.1, 0.15) is 10.5 Å². The molecule has 35 heavy (non-hydrogen) atoms. The number of fused-ring (bicyclic) bond motifs is 1. The molecular weight excluding hydrogens is 464 g/mol. The number of rotatable bonds is 5. The zero-order valence-corrected chi connectivity index (χ0v) is 20.1. The van der Waals surface area contributed by atoms with E-state index in [9.17, 15) is 4.79 Å². The van der Waals surface area contributed by atoms with Crippen molar-refractivity contribution in [3.8, 4) is 11.1 Å². The zero-order chi connectivity index (χ0) is 23.6. The first kappa shape index (κ1) is 22.0. The van der Waals surface area contributed by atoms with E-state index < -0.39 is 0 Å². The Balaban J connectivity index is 1.24. The van der Waals surface area contributed by atoms with Crippen molar-refractivity contribution in [3.05, 3.63) is 58.2 Å². The van der Waals surface area contributed by atoms with Crippen LogP contribution in [0, 0.1) is 0 Å². The summed E-state index contributed by atoms with van der Waals surface area (Å²) in [5, 5.41) is 7.62. The lowest BCUT2D eigenvalue weighted by Crippen LogP contribution is -2.89. The van der Waals surface area contributed by atoms with Gasteiger partial charge in [0.05, 0.1) is 39.4 Å². The Hall–Kier alpha value is -3.47.